The Morgan fingerprint density at radius 3 is 2.50 bits per heavy atom. The van der Waals surface area contributed by atoms with Crippen molar-refractivity contribution in [1.82, 2.24) is 5.32 Å². The molecule has 1 fully saturated rings. The molecule has 98 valence electrons. The summed E-state index contributed by atoms with van der Waals surface area (Å²) in [4.78, 5) is 11.9. The first-order valence-corrected chi connectivity index (χ1v) is 6.27. The summed E-state index contributed by atoms with van der Waals surface area (Å²) < 4.78 is 11.3. The van der Waals surface area contributed by atoms with Gasteiger partial charge >= 0.3 is 0 Å². The van der Waals surface area contributed by atoms with Gasteiger partial charge in [-0.25, -0.2) is 0 Å². The van der Waals surface area contributed by atoms with Crippen molar-refractivity contribution in [2.75, 3.05) is 13.2 Å². The van der Waals surface area contributed by atoms with E-state index < -0.39 is 5.79 Å². The van der Waals surface area contributed by atoms with Gasteiger partial charge in [-0.05, 0) is 25.5 Å². The average Bonchev–Trinajstić information content (AvgIpc) is 2.42. The summed E-state index contributed by atoms with van der Waals surface area (Å²) in [6.45, 7) is 4.91. The van der Waals surface area contributed by atoms with Gasteiger partial charge in [0.25, 0.3) is 5.91 Å². The van der Waals surface area contributed by atoms with E-state index >= 15 is 0 Å². The van der Waals surface area contributed by atoms with Crippen LogP contribution in [0.1, 0.15) is 30.6 Å². The Morgan fingerprint density at radius 1 is 1.33 bits per heavy atom. The summed E-state index contributed by atoms with van der Waals surface area (Å²) in [5, 5.41) is 2.91. The lowest BCUT2D eigenvalue weighted by Crippen LogP contribution is -2.51. The van der Waals surface area contributed by atoms with Crippen molar-refractivity contribution >= 4 is 5.91 Å². The third kappa shape index (κ3) is 3.09. The lowest BCUT2D eigenvalue weighted by atomic mass is 10.1. The second-order valence-electron chi connectivity index (χ2n) is 4.65. The largest absolute Gasteiger partial charge is 0.348 e. The van der Waals surface area contributed by atoms with Crippen molar-refractivity contribution in [2.24, 2.45) is 0 Å². The molecule has 1 saturated heterocycles. The number of rotatable bonds is 3. The minimum absolute atomic E-state index is 0.0858. The SMILES string of the molecule is CCC1(C)OCC(NC(=O)c2ccccc2)CO1. The van der Waals surface area contributed by atoms with Gasteiger partial charge in [-0.1, -0.05) is 25.1 Å². The van der Waals surface area contributed by atoms with Crippen molar-refractivity contribution < 1.29 is 14.3 Å². The van der Waals surface area contributed by atoms with E-state index in [0.717, 1.165) is 6.42 Å². The Balaban J connectivity index is 1.87. The molecule has 0 radical (unpaired) electrons. The molecule has 0 aromatic heterocycles. The maximum Gasteiger partial charge on any atom is 0.251 e. The Kier molecular flexibility index (Phi) is 3.99. The standard InChI is InChI=1S/C14H19NO3/c1-3-14(2)17-9-12(10-18-14)15-13(16)11-7-5-4-6-8-11/h4-8,12H,3,9-10H2,1-2H3,(H,15,16). The minimum atomic E-state index is -0.506. The Morgan fingerprint density at radius 2 is 1.94 bits per heavy atom. The number of ether oxygens (including phenoxy) is 2. The van der Waals surface area contributed by atoms with E-state index in [1.165, 1.54) is 0 Å². The Bertz CT molecular complexity index is 397. The smallest absolute Gasteiger partial charge is 0.251 e. The zero-order valence-electron chi connectivity index (χ0n) is 10.8. The van der Waals surface area contributed by atoms with E-state index in [0.29, 0.717) is 18.8 Å². The number of nitrogens with one attached hydrogen (secondary N) is 1. The second-order valence-corrected chi connectivity index (χ2v) is 4.65. The first-order valence-electron chi connectivity index (χ1n) is 6.27. The molecule has 1 amide bonds. The topological polar surface area (TPSA) is 47.6 Å². The van der Waals surface area contributed by atoms with Gasteiger partial charge in [0.1, 0.15) is 0 Å². The summed E-state index contributed by atoms with van der Waals surface area (Å²) in [6.07, 6.45) is 0.798. The summed E-state index contributed by atoms with van der Waals surface area (Å²) in [5.74, 6) is -0.596. The monoisotopic (exact) mass is 249 g/mol. The van der Waals surface area contributed by atoms with Crippen molar-refractivity contribution in [3.63, 3.8) is 0 Å². The van der Waals surface area contributed by atoms with Crippen LogP contribution >= 0.6 is 0 Å². The maximum absolute atomic E-state index is 11.9. The lowest BCUT2D eigenvalue weighted by molar-refractivity contribution is -0.263. The van der Waals surface area contributed by atoms with Gasteiger partial charge in [-0.3, -0.25) is 4.79 Å². The van der Waals surface area contributed by atoms with Gasteiger partial charge in [0, 0.05) is 5.56 Å². The summed E-state index contributed by atoms with van der Waals surface area (Å²) >= 11 is 0. The first-order chi connectivity index (χ1) is 8.63. The van der Waals surface area contributed by atoms with Crippen LogP contribution in [0.2, 0.25) is 0 Å². The van der Waals surface area contributed by atoms with Crippen LogP contribution in [0.3, 0.4) is 0 Å². The molecule has 4 heteroatoms. The van der Waals surface area contributed by atoms with Crippen LogP contribution in [-0.4, -0.2) is 30.9 Å². The number of amides is 1. The fourth-order valence-electron chi connectivity index (χ4n) is 1.79. The van der Waals surface area contributed by atoms with Crippen LogP contribution in [0, 0.1) is 0 Å². The maximum atomic E-state index is 11.9. The van der Waals surface area contributed by atoms with Crippen molar-refractivity contribution in [3.05, 3.63) is 35.9 Å². The fourth-order valence-corrected chi connectivity index (χ4v) is 1.79. The van der Waals surface area contributed by atoms with Gasteiger partial charge < -0.3 is 14.8 Å². The number of carbonyl (C=O) groups excluding carboxylic acids is 1. The van der Waals surface area contributed by atoms with E-state index in [4.69, 9.17) is 9.47 Å². The molecule has 1 aliphatic heterocycles. The highest BCUT2D eigenvalue weighted by Crippen LogP contribution is 2.21. The highest BCUT2D eigenvalue weighted by molar-refractivity contribution is 5.94. The second kappa shape index (κ2) is 5.50. The Labute approximate surface area is 107 Å². The highest BCUT2D eigenvalue weighted by atomic mass is 16.7. The molecule has 1 aliphatic rings. The van der Waals surface area contributed by atoms with Crippen LogP contribution in [-0.2, 0) is 9.47 Å². The molecule has 0 spiro atoms. The van der Waals surface area contributed by atoms with Crippen molar-refractivity contribution in [1.29, 1.82) is 0 Å². The molecule has 1 N–H and O–H groups in total. The third-order valence-corrected chi connectivity index (χ3v) is 3.19. The van der Waals surface area contributed by atoms with Gasteiger partial charge in [-0.2, -0.15) is 0 Å². The molecule has 0 bridgehead atoms. The van der Waals surface area contributed by atoms with Crippen LogP contribution in [0.15, 0.2) is 30.3 Å². The average molecular weight is 249 g/mol. The molecule has 2 rings (SSSR count). The molecular formula is C14H19NO3. The van der Waals surface area contributed by atoms with Crippen LogP contribution in [0.5, 0.6) is 0 Å². The van der Waals surface area contributed by atoms with E-state index in [9.17, 15) is 4.79 Å². The zero-order valence-corrected chi connectivity index (χ0v) is 10.8. The summed E-state index contributed by atoms with van der Waals surface area (Å²) in [5.41, 5.74) is 0.654. The van der Waals surface area contributed by atoms with Gasteiger partial charge in [0.2, 0.25) is 0 Å². The Hall–Kier alpha value is -1.39. The first kappa shape index (κ1) is 13.1. The van der Waals surface area contributed by atoms with Crippen LogP contribution < -0.4 is 5.32 Å². The predicted octanol–water partition coefficient (Wildman–Crippen LogP) is 1.96. The number of benzene rings is 1. The highest BCUT2D eigenvalue weighted by Gasteiger charge is 2.31. The molecule has 1 heterocycles. The molecule has 0 atom stereocenters. The molecule has 0 saturated carbocycles. The molecule has 0 aliphatic carbocycles. The van der Waals surface area contributed by atoms with E-state index in [1.54, 1.807) is 12.1 Å². The van der Waals surface area contributed by atoms with Crippen LogP contribution in [0.4, 0.5) is 0 Å². The summed E-state index contributed by atoms with van der Waals surface area (Å²) in [7, 11) is 0. The van der Waals surface area contributed by atoms with E-state index in [2.05, 4.69) is 5.32 Å². The molecule has 0 unspecified atom stereocenters. The fraction of sp³-hybridized carbons (Fsp3) is 0.500. The zero-order chi connectivity index (χ0) is 13.0. The minimum Gasteiger partial charge on any atom is -0.348 e. The summed E-state index contributed by atoms with van der Waals surface area (Å²) in [6, 6.07) is 9.06. The number of hydrogen-bond donors (Lipinski definition) is 1. The molecule has 18 heavy (non-hydrogen) atoms. The van der Waals surface area contributed by atoms with Gasteiger partial charge in [0.05, 0.1) is 19.3 Å². The van der Waals surface area contributed by atoms with E-state index in [-0.39, 0.29) is 11.9 Å². The third-order valence-electron chi connectivity index (χ3n) is 3.19. The quantitative estimate of drug-likeness (QED) is 0.890. The molecule has 1 aromatic rings. The lowest BCUT2D eigenvalue weighted by Gasteiger charge is -2.37. The van der Waals surface area contributed by atoms with Gasteiger partial charge in [0.15, 0.2) is 5.79 Å². The van der Waals surface area contributed by atoms with Crippen LogP contribution in [0.25, 0.3) is 0 Å². The predicted molar refractivity (Wildman–Crippen MR) is 68.3 cm³/mol. The molecule has 1 aromatic carbocycles. The molecule has 4 nitrogen and oxygen atoms in total. The number of carbonyl (C=O) groups is 1. The molecular weight excluding hydrogens is 230 g/mol. The van der Waals surface area contributed by atoms with E-state index in [1.807, 2.05) is 32.0 Å². The number of hydrogen-bond acceptors (Lipinski definition) is 3. The van der Waals surface area contributed by atoms with Gasteiger partial charge in [-0.15, -0.1) is 0 Å². The normalized spacial score (nSPS) is 27.8. The van der Waals surface area contributed by atoms with Crippen molar-refractivity contribution in [3.8, 4) is 0 Å². The van der Waals surface area contributed by atoms with Crippen molar-refractivity contribution in [2.45, 2.75) is 32.1 Å².